The summed E-state index contributed by atoms with van der Waals surface area (Å²) >= 11 is 3.95. The predicted molar refractivity (Wildman–Crippen MR) is 106 cm³/mol. The van der Waals surface area contributed by atoms with Crippen LogP contribution in [0.4, 0.5) is 0 Å². The van der Waals surface area contributed by atoms with Crippen molar-refractivity contribution in [3.05, 3.63) is 0 Å². The number of aliphatic carboxylic acids is 2. The Morgan fingerprint density at radius 1 is 0.867 bits per heavy atom. The summed E-state index contributed by atoms with van der Waals surface area (Å²) in [7, 11) is 0. The van der Waals surface area contributed by atoms with Gasteiger partial charge in [-0.15, -0.1) is 0 Å². The lowest BCUT2D eigenvalue weighted by Crippen LogP contribution is -2.57. The average molecular weight is 449 g/mol. The molecule has 0 fully saturated rings. The van der Waals surface area contributed by atoms with Crippen LogP contribution in [0.2, 0.25) is 0 Å². The summed E-state index contributed by atoms with van der Waals surface area (Å²) in [6, 6.07) is -4.95. The van der Waals surface area contributed by atoms with Gasteiger partial charge in [0.05, 0.1) is 6.04 Å². The van der Waals surface area contributed by atoms with E-state index in [0.717, 1.165) is 0 Å². The smallest absolute Gasteiger partial charge is 0.325 e. The highest BCUT2D eigenvalue weighted by Gasteiger charge is 2.29. The first kappa shape index (κ1) is 27.1. The van der Waals surface area contributed by atoms with E-state index in [4.69, 9.17) is 21.7 Å². The third-order valence-electron chi connectivity index (χ3n) is 3.86. The second-order valence-electron chi connectivity index (χ2n) is 6.42. The molecular formula is C16H27N5O8S. The summed E-state index contributed by atoms with van der Waals surface area (Å²) in [5.74, 6) is -5.85. The Balaban J connectivity index is 5.16. The Bertz CT molecular complexity index is 674. The van der Waals surface area contributed by atoms with Gasteiger partial charge in [0.2, 0.25) is 23.6 Å². The highest BCUT2D eigenvalue weighted by atomic mass is 32.1. The van der Waals surface area contributed by atoms with Crippen LogP contribution in [0.1, 0.15) is 32.6 Å². The molecule has 0 aromatic heterocycles. The minimum Gasteiger partial charge on any atom is -0.481 e. The summed E-state index contributed by atoms with van der Waals surface area (Å²) < 4.78 is 0. The summed E-state index contributed by atoms with van der Waals surface area (Å²) in [4.78, 5) is 69.3. The van der Waals surface area contributed by atoms with Gasteiger partial charge in [-0.2, -0.15) is 12.6 Å². The summed E-state index contributed by atoms with van der Waals surface area (Å²) in [6.45, 7) is 1.23. The molecule has 0 saturated heterocycles. The molecule has 4 unspecified atom stereocenters. The van der Waals surface area contributed by atoms with Gasteiger partial charge in [0.1, 0.15) is 18.1 Å². The van der Waals surface area contributed by atoms with Gasteiger partial charge in [-0.1, -0.05) is 0 Å². The maximum Gasteiger partial charge on any atom is 0.325 e. The highest BCUT2D eigenvalue weighted by Crippen LogP contribution is 2.03. The Kier molecular flexibility index (Phi) is 12.1. The number of hydrogen-bond acceptors (Lipinski definition) is 8. The number of nitrogens with two attached hydrogens (primary N) is 2. The van der Waals surface area contributed by atoms with Gasteiger partial charge >= 0.3 is 11.9 Å². The molecule has 13 nitrogen and oxygen atoms in total. The minimum atomic E-state index is -1.30. The van der Waals surface area contributed by atoms with E-state index < -0.39 is 59.7 Å². The number of carbonyl (C=O) groups excluding carboxylic acids is 4. The Morgan fingerprint density at radius 3 is 1.87 bits per heavy atom. The number of amides is 4. The molecule has 0 radical (unpaired) electrons. The molecule has 0 aliphatic heterocycles. The van der Waals surface area contributed by atoms with Crippen molar-refractivity contribution >= 4 is 48.2 Å². The minimum absolute atomic E-state index is 0.180. The van der Waals surface area contributed by atoms with Crippen molar-refractivity contribution in [3.63, 3.8) is 0 Å². The molecule has 4 atom stereocenters. The number of hydrogen-bond donors (Lipinski definition) is 8. The molecule has 14 heteroatoms. The first-order chi connectivity index (χ1) is 13.9. The van der Waals surface area contributed by atoms with Crippen LogP contribution in [0.25, 0.3) is 0 Å². The fraction of sp³-hybridized carbons (Fsp3) is 0.625. The van der Waals surface area contributed by atoms with Crippen molar-refractivity contribution in [3.8, 4) is 0 Å². The average Bonchev–Trinajstić information content (AvgIpc) is 2.66. The van der Waals surface area contributed by atoms with Crippen molar-refractivity contribution in [1.82, 2.24) is 16.0 Å². The lowest BCUT2D eigenvalue weighted by Gasteiger charge is -2.23. The highest BCUT2D eigenvalue weighted by molar-refractivity contribution is 7.80. The Hall–Kier alpha value is -2.87. The predicted octanol–water partition coefficient (Wildman–Crippen LogP) is -3.07. The lowest BCUT2D eigenvalue weighted by atomic mass is 10.1. The third kappa shape index (κ3) is 10.6. The zero-order valence-corrected chi connectivity index (χ0v) is 17.2. The van der Waals surface area contributed by atoms with Gasteiger partial charge in [0, 0.05) is 18.6 Å². The maximum absolute atomic E-state index is 12.5. The zero-order chi connectivity index (χ0) is 23.4. The molecule has 0 aromatic rings. The lowest BCUT2D eigenvalue weighted by molar-refractivity contribution is -0.141. The molecule has 0 spiro atoms. The van der Waals surface area contributed by atoms with E-state index >= 15 is 0 Å². The van der Waals surface area contributed by atoms with Crippen LogP contribution in [0, 0.1) is 0 Å². The Labute approximate surface area is 177 Å². The molecule has 170 valence electrons. The standard InChI is InChI=1S/C16H27N5O8S/c1-7(16(28)29)19-15(27)10(6-30)21-14(26)9(3-4-11(18)22)20-13(25)8(17)2-5-12(23)24/h7-10,30H,2-6,17H2,1H3,(H2,18,22)(H,19,27)(H,20,25)(H,21,26)(H,23,24)(H,28,29). The second kappa shape index (κ2) is 13.4. The van der Waals surface area contributed by atoms with Gasteiger partial charge in [-0.3, -0.25) is 28.8 Å². The zero-order valence-electron chi connectivity index (χ0n) is 16.3. The molecule has 0 bridgehead atoms. The number of primary amides is 1. The normalized spacial score (nSPS) is 14.5. The number of carbonyl (C=O) groups is 6. The van der Waals surface area contributed by atoms with Gasteiger partial charge in [0.15, 0.2) is 0 Å². The third-order valence-corrected chi connectivity index (χ3v) is 4.23. The van der Waals surface area contributed by atoms with Crippen molar-refractivity contribution in [2.45, 2.75) is 56.8 Å². The SMILES string of the molecule is CC(NC(=O)C(CS)NC(=O)C(CCC(N)=O)NC(=O)C(N)CCC(=O)O)C(=O)O. The van der Waals surface area contributed by atoms with E-state index in [1.54, 1.807) is 0 Å². The molecule has 0 aliphatic rings. The van der Waals surface area contributed by atoms with E-state index in [1.165, 1.54) is 6.92 Å². The Morgan fingerprint density at radius 2 is 1.40 bits per heavy atom. The van der Waals surface area contributed by atoms with Gasteiger partial charge in [-0.25, -0.2) is 0 Å². The van der Waals surface area contributed by atoms with Crippen molar-refractivity contribution in [2.75, 3.05) is 5.75 Å². The van der Waals surface area contributed by atoms with E-state index in [-0.39, 0.29) is 31.4 Å². The molecule has 0 rings (SSSR count). The van der Waals surface area contributed by atoms with Crippen LogP contribution < -0.4 is 27.4 Å². The topological polar surface area (TPSA) is 231 Å². The second-order valence-corrected chi connectivity index (χ2v) is 6.78. The molecule has 0 heterocycles. The monoisotopic (exact) mass is 449 g/mol. The fourth-order valence-corrected chi connectivity index (χ4v) is 2.34. The van der Waals surface area contributed by atoms with Crippen LogP contribution in [0.3, 0.4) is 0 Å². The molecule has 4 amide bonds. The van der Waals surface area contributed by atoms with E-state index in [1.807, 2.05) is 0 Å². The number of carboxylic acids is 2. The number of carboxylic acid groups (broad SMARTS) is 2. The first-order valence-corrected chi connectivity index (χ1v) is 9.52. The van der Waals surface area contributed by atoms with Crippen LogP contribution in [-0.2, 0) is 28.8 Å². The van der Waals surface area contributed by atoms with Crippen molar-refractivity contribution in [1.29, 1.82) is 0 Å². The van der Waals surface area contributed by atoms with Crippen molar-refractivity contribution < 1.29 is 39.0 Å². The molecule has 0 aromatic carbocycles. The molecule has 0 saturated carbocycles. The maximum atomic E-state index is 12.5. The number of thiol groups is 1. The van der Waals surface area contributed by atoms with Crippen LogP contribution in [-0.4, -0.2) is 75.7 Å². The summed E-state index contributed by atoms with van der Waals surface area (Å²) in [6.07, 6.45) is -1.02. The van der Waals surface area contributed by atoms with Crippen molar-refractivity contribution in [2.24, 2.45) is 11.5 Å². The fourth-order valence-electron chi connectivity index (χ4n) is 2.09. The van der Waals surface area contributed by atoms with Gasteiger partial charge in [0.25, 0.3) is 0 Å². The van der Waals surface area contributed by atoms with Crippen LogP contribution in [0.15, 0.2) is 0 Å². The summed E-state index contributed by atoms with van der Waals surface area (Å²) in [5.41, 5.74) is 10.7. The van der Waals surface area contributed by atoms with Gasteiger partial charge < -0.3 is 37.6 Å². The van der Waals surface area contributed by atoms with Crippen LogP contribution in [0.5, 0.6) is 0 Å². The van der Waals surface area contributed by atoms with E-state index in [9.17, 15) is 28.8 Å². The van der Waals surface area contributed by atoms with E-state index in [2.05, 4.69) is 28.6 Å². The van der Waals surface area contributed by atoms with Gasteiger partial charge in [-0.05, 0) is 19.8 Å². The molecule has 9 N–H and O–H groups in total. The number of nitrogens with one attached hydrogen (secondary N) is 3. The first-order valence-electron chi connectivity index (χ1n) is 8.89. The quantitative estimate of drug-likeness (QED) is 0.126. The molecule has 0 aliphatic carbocycles. The van der Waals surface area contributed by atoms with Crippen LogP contribution >= 0.6 is 12.6 Å². The molecular weight excluding hydrogens is 422 g/mol. The summed E-state index contributed by atoms with van der Waals surface area (Å²) in [5, 5.41) is 24.3. The number of rotatable bonds is 14. The largest absolute Gasteiger partial charge is 0.481 e. The van der Waals surface area contributed by atoms with E-state index in [0.29, 0.717) is 0 Å². The molecule has 30 heavy (non-hydrogen) atoms.